The van der Waals surface area contributed by atoms with Crippen LogP contribution in [0.5, 0.6) is 0 Å². The van der Waals surface area contributed by atoms with Crippen molar-refractivity contribution >= 4 is 54.3 Å². The van der Waals surface area contributed by atoms with Crippen LogP contribution in [-0.2, 0) is 0 Å². The van der Waals surface area contributed by atoms with Gasteiger partial charge in [-0.1, -0.05) is 164 Å². The molecule has 0 saturated heterocycles. The zero-order valence-corrected chi connectivity index (χ0v) is 29.6. The van der Waals surface area contributed by atoms with Gasteiger partial charge in [-0.2, -0.15) is 0 Å². The first kappa shape index (κ1) is 31.1. The number of rotatable bonds is 5. The topological polar surface area (TPSA) is 51.8 Å². The van der Waals surface area contributed by atoms with Crippen molar-refractivity contribution in [2.45, 2.75) is 0 Å². The van der Waals surface area contributed by atoms with E-state index < -0.39 is 0 Å². The van der Waals surface area contributed by atoms with E-state index in [4.69, 9.17) is 19.4 Å². The Labute approximate surface area is 317 Å². The van der Waals surface area contributed by atoms with Gasteiger partial charge in [0.05, 0.1) is 0 Å². The second-order valence-electron chi connectivity index (χ2n) is 13.9. The van der Waals surface area contributed by atoms with Gasteiger partial charge in [0.15, 0.2) is 17.5 Å². The van der Waals surface area contributed by atoms with Gasteiger partial charge >= 0.3 is 0 Å². The van der Waals surface area contributed by atoms with Crippen LogP contribution in [0.25, 0.3) is 111 Å². The van der Waals surface area contributed by atoms with Crippen LogP contribution < -0.4 is 0 Å². The predicted octanol–water partition coefficient (Wildman–Crippen LogP) is 13.6. The van der Waals surface area contributed by atoms with Crippen molar-refractivity contribution in [3.63, 3.8) is 0 Å². The van der Waals surface area contributed by atoms with Crippen LogP contribution in [0.4, 0.5) is 0 Å². The van der Waals surface area contributed by atoms with E-state index in [9.17, 15) is 0 Å². The van der Waals surface area contributed by atoms with Crippen LogP contribution in [0.1, 0.15) is 0 Å². The van der Waals surface area contributed by atoms with Gasteiger partial charge in [0.25, 0.3) is 0 Å². The van der Waals surface area contributed by atoms with E-state index in [1.54, 1.807) is 0 Å². The maximum Gasteiger partial charge on any atom is 0.164 e. The second-order valence-corrected chi connectivity index (χ2v) is 13.9. The number of para-hydroxylation sites is 1. The van der Waals surface area contributed by atoms with Gasteiger partial charge in [-0.05, 0) is 73.5 Å². The average molecular weight is 702 g/mol. The Morgan fingerprint density at radius 2 is 0.727 bits per heavy atom. The van der Waals surface area contributed by atoms with E-state index in [0.717, 1.165) is 82.4 Å². The maximum atomic E-state index is 6.87. The first-order valence-electron chi connectivity index (χ1n) is 18.5. The molecule has 9 aromatic carbocycles. The summed E-state index contributed by atoms with van der Waals surface area (Å²) in [6, 6.07) is 65.6. The van der Waals surface area contributed by atoms with Crippen molar-refractivity contribution in [2.24, 2.45) is 0 Å². The summed E-state index contributed by atoms with van der Waals surface area (Å²) < 4.78 is 6.87. The van der Waals surface area contributed by atoms with E-state index in [2.05, 4.69) is 164 Å². The Hall–Kier alpha value is -7.43. The third-order valence-corrected chi connectivity index (χ3v) is 10.7. The minimum atomic E-state index is 0.589. The molecule has 0 atom stereocenters. The lowest BCUT2D eigenvalue weighted by molar-refractivity contribution is 0.673. The third-order valence-electron chi connectivity index (χ3n) is 10.7. The zero-order chi connectivity index (χ0) is 36.3. The summed E-state index contributed by atoms with van der Waals surface area (Å²) in [5.74, 6) is 1.80. The highest BCUT2D eigenvalue weighted by molar-refractivity contribution is 6.34. The molecule has 0 radical (unpaired) electrons. The normalized spacial score (nSPS) is 11.6. The molecule has 55 heavy (non-hydrogen) atoms. The summed E-state index contributed by atoms with van der Waals surface area (Å²) in [6.45, 7) is 0. The highest BCUT2D eigenvalue weighted by atomic mass is 16.3. The lowest BCUT2D eigenvalue weighted by Crippen LogP contribution is -2.01. The number of aromatic nitrogens is 3. The Bertz CT molecular complexity index is 3160. The molecule has 0 N–H and O–H groups in total. The number of hydrogen-bond acceptors (Lipinski definition) is 4. The van der Waals surface area contributed by atoms with Crippen LogP contribution in [0, 0.1) is 0 Å². The molecule has 11 rings (SSSR count). The largest absolute Gasteiger partial charge is 0.455 e. The smallest absolute Gasteiger partial charge is 0.164 e. The quantitative estimate of drug-likeness (QED) is 0.168. The molecule has 0 amide bonds. The first-order valence-corrected chi connectivity index (χ1v) is 18.5. The SMILES string of the molecule is c1ccc(-c2cccc(-c3nc(-c4cccc(-c5ccccc5)c4)nc(-c4cc5c6ccccc6c6ccccc6c5c5oc6ccccc6c45)n3)c2)cc1. The zero-order valence-electron chi connectivity index (χ0n) is 29.6. The molecule has 4 heteroatoms. The predicted molar refractivity (Wildman–Crippen MR) is 227 cm³/mol. The molecular formula is C51H31N3O. The molecular weight excluding hydrogens is 671 g/mol. The van der Waals surface area contributed by atoms with Crippen molar-refractivity contribution in [3.8, 4) is 56.4 Å². The highest BCUT2D eigenvalue weighted by Crippen LogP contribution is 2.46. The Kier molecular flexibility index (Phi) is 7.14. The molecule has 2 heterocycles. The molecule has 11 aromatic rings. The summed E-state index contributed by atoms with van der Waals surface area (Å²) in [5.41, 5.74) is 8.84. The van der Waals surface area contributed by atoms with E-state index in [1.165, 1.54) is 10.8 Å². The van der Waals surface area contributed by atoms with E-state index in [-0.39, 0.29) is 0 Å². The molecule has 0 fully saturated rings. The molecule has 0 spiro atoms. The molecule has 0 unspecified atom stereocenters. The fourth-order valence-corrected chi connectivity index (χ4v) is 8.14. The fourth-order valence-electron chi connectivity index (χ4n) is 8.14. The molecule has 0 aliphatic heterocycles. The van der Waals surface area contributed by atoms with E-state index >= 15 is 0 Å². The molecule has 0 saturated carbocycles. The number of nitrogens with zero attached hydrogens (tertiary/aromatic N) is 3. The molecule has 4 nitrogen and oxygen atoms in total. The summed E-state index contributed by atoms with van der Waals surface area (Å²) in [6.07, 6.45) is 0. The van der Waals surface area contributed by atoms with Crippen LogP contribution in [0.2, 0.25) is 0 Å². The number of furan rings is 1. The van der Waals surface area contributed by atoms with Crippen LogP contribution >= 0.6 is 0 Å². The monoisotopic (exact) mass is 701 g/mol. The van der Waals surface area contributed by atoms with Crippen molar-refractivity contribution in [2.75, 3.05) is 0 Å². The standard InChI is InChI=1S/C51H31N3O/c1-3-15-32(16-4-1)34-19-13-21-36(29-34)49-52-50(37-22-14-20-35(30-37)33-17-5-2-6-18-33)54-51(53-49)44-31-43-40-25-8-7-23-38(40)39-24-9-10-26-41(39)46(43)48-47(44)42-27-11-12-28-45(42)55-48/h1-31H. The first-order chi connectivity index (χ1) is 27.3. The summed E-state index contributed by atoms with van der Waals surface area (Å²) in [5, 5.41) is 8.89. The van der Waals surface area contributed by atoms with E-state index in [0.29, 0.717) is 17.5 Å². The van der Waals surface area contributed by atoms with Gasteiger partial charge in [0.1, 0.15) is 11.2 Å². The molecule has 0 bridgehead atoms. The van der Waals surface area contributed by atoms with Gasteiger partial charge in [0, 0.05) is 32.8 Å². The van der Waals surface area contributed by atoms with Crippen molar-refractivity contribution in [1.82, 2.24) is 15.0 Å². The maximum absolute atomic E-state index is 6.87. The molecule has 0 aliphatic rings. The van der Waals surface area contributed by atoms with Gasteiger partial charge in [-0.25, -0.2) is 15.0 Å². The summed E-state index contributed by atoms with van der Waals surface area (Å²) in [4.78, 5) is 15.9. The van der Waals surface area contributed by atoms with Gasteiger partial charge < -0.3 is 4.42 Å². The number of benzene rings is 9. The van der Waals surface area contributed by atoms with Gasteiger partial charge in [0.2, 0.25) is 0 Å². The Morgan fingerprint density at radius 1 is 0.291 bits per heavy atom. The van der Waals surface area contributed by atoms with Crippen molar-refractivity contribution < 1.29 is 4.42 Å². The fraction of sp³-hybridized carbons (Fsp3) is 0. The molecule has 0 aliphatic carbocycles. The highest BCUT2D eigenvalue weighted by Gasteiger charge is 2.23. The van der Waals surface area contributed by atoms with Crippen LogP contribution in [0.15, 0.2) is 192 Å². The number of hydrogen-bond donors (Lipinski definition) is 0. The van der Waals surface area contributed by atoms with Gasteiger partial charge in [-0.3, -0.25) is 0 Å². The van der Waals surface area contributed by atoms with Gasteiger partial charge in [-0.15, -0.1) is 0 Å². The van der Waals surface area contributed by atoms with Crippen LogP contribution in [0.3, 0.4) is 0 Å². The minimum Gasteiger partial charge on any atom is -0.455 e. The second kappa shape index (κ2) is 12.6. The average Bonchev–Trinajstić information content (AvgIpc) is 3.66. The molecule has 256 valence electrons. The Balaban J connectivity index is 1.24. The minimum absolute atomic E-state index is 0.589. The Morgan fingerprint density at radius 3 is 1.33 bits per heavy atom. The number of fused-ring (bicyclic) bond motifs is 10. The third kappa shape index (κ3) is 5.19. The van der Waals surface area contributed by atoms with Crippen molar-refractivity contribution in [3.05, 3.63) is 188 Å². The van der Waals surface area contributed by atoms with Crippen molar-refractivity contribution in [1.29, 1.82) is 0 Å². The lowest BCUT2D eigenvalue weighted by atomic mass is 9.91. The summed E-state index contributed by atoms with van der Waals surface area (Å²) in [7, 11) is 0. The lowest BCUT2D eigenvalue weighted by Gasteiger charge is -2.14. The van der Waals surface area contributed by atoms with Crippen LogP contribution in [-0.4, -0.2) is 15.0 Å². The molecule has 2 aromatic heterocycles. The summed E-state index contributed by atoms with van der Waals surface area (Å²) >= 11 is 0. The van der Waals surface area contributed by atoms with E-state index in [1.807, 2.05) is 24.3 Å².